The number of nitrogens with one attached hydrogen (secondary N) is 1. The quantitative estimate of drug-likeness (QED) is 0.780. The number of amides is 3. The van der Waals surface area contributed by atoms with Crippen molar-refractivity contribution in [1.82, 2.24) is 30.1 Å². The van der Waals surface area contributed by atoms with Gasteiger partial charge in [0.15, 0.2) is 5.69 Å². The van der Waals surface area contributed by atoms with Crippen molar-refractivity contribution in [3.63, 3.8) is 0 Å². The first-order valence-corrected chi connectivity index (χ1v) is 10.2. The summed E-state index contributed by atoms with van der Waals surface area (Å²) in [4.78, 5) is 30.4. The van der Waals surface area contributed by atoms with Gasteiger partial charge < -0.3 is 24.8 Å². The number of rotatable bonds is 5. The number of nitrogens with zero attached hydrogens (tertiary/aromatic N) is 6. The Hall–Kier alpha value is -3.30. The van der Waals surface area contributed by atoms with Crippen LogP contribution in [-0.4, -0.2) is 89.7 Å². The molecule has 3 heterocycles. The molecule has 1 aromatic carbocycles. The number of likely N-dealkylation sites (tertiary alicyclic amines) is 1. The molecular weight excluding hydrogens is 386 g/mol. The lowest BCUT2D eigenvalue weighted by atomic mass is 10.1. The number of urea groups is 1. The number of carbonyl (C=O) groups excluding carboxylic acids is 2. The van der Waals surface area contributed by atoms with Gasteiger partial charge in [0.1, 0.15) is 5.75 Å². The Bertz CT molecular complexity index is 884. The normalized spacial score (nSPS) is 16.9. The summed E-state index contributed by atoms with van der Waals surface area (Å²) in [6, 6.07) is 7.94. The van der Waals surface area contributed by atoms with Crippen molar-refractivity contribution in [3.8, 4) is 5.75 Å². The topological polar surface area (TPSA) is 95.8 Å². The van der Waals surface area contributed by atoms with E-state index < -0.39 is 0 Å². The minimum absolute atomic E-state index is 0.0635. The van der Waals surface area contributed by atoms with E-state index >= 15 is 0 Å². The van der Waals surface area contributed by atoms with Crippen molar-refractivity contribution < 1.29 is 14.3 Å². The predicted molar refractivity (Wildman–Crippen MR) is 111 cm³/mol. The zero-order chi connectivity index (χ0) is 21.1. The summed E-state index contributed by atoms with van der Waals surface area (Å²) in [6.45, 7) is 6.42. The summed E-state index contributed by atoms with van der Waals surface area (Å²) in [5.74, 6) is 0.728. The van der Waals surface area contributed by atoms with Crippen LogP contribution in [-0.2, 0) is 0 Å². The number of piperazine rings is 1. The highest BCUT2D eigenvalue weighted by molar-refractivity contribution is 5.92. The number of hydrogen-bond donors (Lipinski definition) is 1. The predicted octanol–water partition coefficient (Wildman–Crippen LogP) is 0.835. The highest BCUT2D eigenvalue weighted by Gasteiger charge is 2.33. The summed E-state index contributed by atoms with van der Waals surface area (Å²) in [6.07, 6.45) is 1.69. The Morgan fingerprint density at radius 2 is 1.80 bits per heavy atom. The van der Waals surface area contributed by atoms with Crippen LogP contribution < -0.4 is 15.0 Å². The van der Waals surface area contributed by atoms with E-state index in [1.54, 1.807) is 22.9 Å². The Morgan fingerprint density at radius 1 is 1.10 bits per heavy atom. The minimum atomic E-state index is -0.101. The molecule has 10 heteroatoms. The molecule has 2 saturated heterocycles. The maximum atomic E-state index is 12.8. The van der Waals surface area contributed by atoms with Crippen LogP contribution in [0.4, 0.5) is 10.5 Å². The fourth-order valence-electron chi connectivity index (χ4n) is 3.73. The van der Waals surface area contributed by atoms with Crippen molar-refractivity contribution in [1.29, 1.82) is 0 Å². The van der Waals surface area contributed by atoms with E-state index in [1.165, 1.54) is 0 Å². The number of benzene rings is 1. The standard InChI is InChI=1S/C20H27N7O3/c1-3-21-20(29)26-12-16(13-26)27-14-18(22-23-27)19(28)25-10-8-24(9-11-25)15-4-6-17(30-2)7-5-15/h4-7,14,16H,3,8-13H2,1-2H3,(H,21,29). The lowest BCUT2D eigenvalue weighted by molar-refractivity contribution is 0.0740. The van der Waals surface area contributed by atoms with Crippen LogP contribution in [0.2, 0.25) is 0 Å². The van der Waals surface area contributed by atoms with Crippen LogP contribution >= 0.6 is 0 Å². The first kappa shape index (κ1) is 20.0. The van der Waals surface area contributed by atoms with E-state index in [-0.39, 0.29) is 18.0 Å². The first-order chi connectivity index (χ1) is 14.6. The van der Waals surface area contributed by atoms with E-state index in [0.717, 1.165) is 24.5 Å². The summed E-state index contributed by atoms with van der Waals surface area (Å²) < 4.78 is 6.90. The second kappa shape index (κ2) is 8.60. The van der Waals surface area contributed by atoms with Gasteiger partial charge in [-0.05, 0) is 31.2 Å². The molecule has 0 saturated carbocycles. The van der Waals surface area contributed by atoms with Gasteiger partial charge in [0.05, 0.1) is 19.3 Å². The highest BCUT2D eigenvalue weighted by Crippen LogP contribution is 2.22. The Labute approximate surface area is 175 Å². The Balaban J connectivity index is 1.29. The Kier molecular flexibility index (Phi) is 5.73. The number of methoxy groups -OCH3 is 1. The molecule has 0 unspecified atom stereocenters. The number of aromatic nitrogens is 3. The molecule has 0 atom stereocenters. The van der Waals surface area contributed by atoms with E-state index in [4.69, 9.17) is 4.74 Å². The molecule has 2 aliphatic heterocycles. The van der Waals surface area contributed by atoms with Crippen LogP contribution in [0, 0.1) is 0 Å². The molecule has 1 aromatic heterocycles. The van der Waals surface area contributed by atoms with Gasteiger partial charge in [-0.3, -0.25) is 4.79 Å². The maximum Gasteiger partial charge on any atom is 0.317 e. The molecule has 0 aliphatic carbocycles. The summed E-state index contributed by atoms with van der Waals surface area (Å²) in [5, 5.41) is 11.0. The van der Waals surface area contributed by atoms with E-state index in [1.807, 2.05) is 36.1 Å². The SMILES string of the molecule is CCNC(=O)N1CC(n2cc(C(=O)N3CCN(c4ccc(OC)cc4)CC3)nn2)C1. The number of carbonyl (C=O) groups is 2. The van der Waals surface area contributed by atoms with Gasteiger partial charge >= 0.3 is 6.03 Å². The molecule has 2 aliphatic rings. The zero-order valence-electron chi connectivity index (χ0n) is 17.3. The number of hydrogen-bond acceptors (Lipinski definition) is 6. The van der Waals surface area contributed by atoms with Gasteiger partial charge in [0.2, 0.25) is 0 Å². The van der Waals surface area contributed by atoms with Crippen LogP contribution in [0.5, 0.6) is 5.75 Å². The molecule has 2 aromatic rings. The zero-order valence-corrected chi connectivity index (χ0v) is 17.3. The largest absolute Gasteiger partial charge is 0.497 e. The molecule has 10 nitrogen and oxygen atoms in total. The smallest absolute Gasteiger partial charge is 0.317 e. The van der Waals surface area contributed by atoms with Gasteiger partial charge in [0.25, 0.3) is 5.91 Å². The maximum absolute atomic E-state index is 12.8. The van der Waals surface area contributed by atoms with E-state index in [2.05, 4.69) is 20.5 Å². The molecule has 0 spiro atoms. The summed E-state index contributed by atoms with van der Waals surface area (Å²) in [7, 11) is 1.65. The third kappa shape index (κ3) is 4.03. The van der Waals surface area contributed by atoms with Gasteiger partial charge in [0, 0.05) is 51.5 Å². The molecule has 160 valence electrons. The molecule has 0 bridgehead atoms. The third-order valence-corrected chi connectivity index (χ3v) is 5.59. The average molecular weight is 413 g/mol. The van der Waals surface area contributed by atoms with Crippen molar-refractivity contribution in [2.75, 3.05) is 57.8 Å². The summed E-state index contributed by atoms with van der Waals surface area (Å²) in [5.41, 5.74) is 1.47. The highest BCUT2D eigenvalue weighted by atomic mass is 16.5. The monoisotopic (exact) mass is 413 g/mol. The molecule has 1 N–H and O–H groups in total. The fraction of sp³-hybridized carbons (Fsp3) is 0.500. The van der Waals surface area contributed by atoms with Crippen LogP contribution in [0.1, 0.15) is 23.5 Å². The Morgan fingerprint density at radius 3 is 2.43 bits per heavy atom. The van der Waals surface area contributed by atoms with Crippen molar-refractivity contribution in [2.24, 2.45) is 0 Å². The second-order valence-electron chi connectivity index (χ2n) is 7.46. The lowest BCUT2D eigenvalue weighted by Gasteiger charge is -2.38. The van der Waals surface area contributed by atoms with E-state index in [0.29, 0.717) is 38.4 Å². The van der Waals surface area contributed by atoms with Gasteiger partial charge in [-0.15, -0.1) is 5.10 Å². The van der Waals surface area contributed by atoms with Gasteiger partial charge in [-0.2, -0.15) is 0 Å². The summed E-state index contributed by atoms with van der Waals surface area (Å²) >= 11 is 0. The van der Waals surface area contributed by atoms with E-state index in [9.17, 15) is 9.59 Å². The van der Waals surface area contributed by atoms with Crippen molar-refractivity contribution >= 4 is 17.6 Å². The van der Waals surface area contributed by atoms with Gasteiger partial charge in [-0.1, -0.05) is 5.21 Å². The minimum Gasteiger partial charge on any atom is -0.497 e. The van der Waals surface area contributed by atoms with Crippen molar-refractivity contribution in [3.05, 3.63) is 36.2 Å². The third-order valence-electron chi connectivity index (χ3n) is 5.59. The van der Waals surface area contributed by atoms with Crippen LogP contribution in [0.3, 0.4) is 0 Å². The molecular formula is C20H27N7O3. The number of ether oxygens (including phenoxy) is 1. The molecule has 30 heavy (non-hydrogen) atoms. The van der Waals surface area contributed by atoms with Crippen molar-refractivity contribution in [2.45, 2.75) is 13.0 Å². The average Bonchev–Trinajstić information content (AvgIpc) is 3.22. The number of anilines is 1. The molecule has 0 radical (unpaired) electrons. The molecule has 4 rings (SSSR count). The van der Waals surface area contributed by atoms with Crippen LogP contribution in [0.15, 0.2) is 30.5 Å². The van der Waals surface area contributed by atoms with Gasteiger partial charge in [-0.25, -0.2) is 9.48 Å². The van der Waals surface area contributed by atoms with Crippen LogP contribution in [0.25, 0.3) is 0 Å². The molecule has 3 amide bonds. The molecule has 2 fully saturated rings. The first-order valence-electron chi connectivity index (χ1n) is 10.2. The fourth-order valence-corrected chi connectivity index (χ4v) is 3.73. The second-order valence-corrected chi connectivity index (χ2v) is 7.46. The lowest BCUT2D eigenvalue weighted by Crippen LogP contribution is -2.54.